The summed E-state index contributed by atoms with van der Waals surface area (Å²) >= 11 is 0. The van der Waals surface area contributed by atoms with E-state index in [0.29, 0.717) is 58.2 Å². The van der Waals surface area contributed by atoms with E-state index in [1.807, 2.05) is 0 Å². The van der Waals surface area contributed by atoms with E-state index in [1.165, 1.54) is 18.2 Å². The summed E-state index contributed by atoms with van der Waals surface area (Å²) in [6.45, 7) is 34.3. The Labute approximate surface area is 577 Å². The van der Waals surface area contributed by atoms with Crippen LogP contribution in [0.1, 0.15) is 38.5 Å². The molecule has 0 aromatic heterocycles. The molecule has 3 atom stereocenters. The number of nitrogens with one attached hydrogen (secondary N) is 9. The Kier molecular flexibility index (Phi) is 59.3. The molecule has 0 aliphatic carbocycles. The lowest BCUT2D eigenvalue weighted by Crippen LogP contribution is -2.47. The van der Waals surface area contributed by atoms with Gasteiger partial charge in [0.25, 0.3) is 0 Å². The van der Waals surface area contributed by atoms with E-state index in [9.17, 15) is 58.5 Å². The summed E-state index contributed by atoms with van der Waals surface area (Å²) in [4.78, 5) is 104. The molecule has 0 spiro atoms. The molecular weight excluding hydrogens is 1280 g/mol. The number of rotatable bonds is 66. The molecule has 0 radical (unpaired) electrons. The maximum atomic E-state index is 11.7. The van der Waals surface area contributed by atoms with Gasteiger partial charge in [-0.3, -0.25) is 43.2 Å². The molecule has 31 heteroatoms. The first-order valence-corrected chi connectivity index (χ1v) is 32.1. The highest BCUT2D eigenvalue weighted by Crippen LogP contribution is 2.26. The minimum atomic E-state index is -0.986. The lowest BCUT2D eigenvalue weighted by molar-refractivity contribution is -0.142. The van der Waals surface area contributed by atoms with Gasteiger partial charge in [-0.1, -0.05) is 59.2 Å². The van der Waals surface area contributed by atoms with Crippen LogP contribution in [0.2, 0.25) is 0 Å². The van der Waals surface area contributed by atoms with Crippen molar-refractivity contribution in [3.63, 3.8) is 0 Å². The minimum absolute atomic E-state index is 0.0178. The maximum absolute atomic E-state index is 11.7. The van der Waals surface area contributed by atoms with Crippen molar-refractivity contribution in [3.05, 3.63) is 114 Å². The van der Waals surface area contributed by atoms with Crippen LogP contribution in [-0.2, 0) is 90.5 Å². The third-order valence-corrected chi connectivity index (χ3v) is 13.0. The van der Waals surface area contributed by atoms with E-state index in [2.05, 4.69) is 107 Å². The van der Waals surface area contributed by atoms with E-state index in [-0.39, 0.29) is 218 Å². The highest BCUT2D eigenvalue weighted by molar-refractivity contribution is 5.89. The molecule has 0 fully saturated rings. The third kappa shape index (κ3) is 55.4. The fraction of sp³-hybridized carbons (Fsp3) is 0.597. The lowest BCUT2D eigenvalue weighted by Gasteiger charge is -2.37. The smallest absolute Gasteiger partial charge is 0.243 e. The topological polar surface area (TPSA) is 415 Å². The number of ether oxygens (including phenoxy) is 10. The standard InChI is InChI=1S/C40H64N6O13.C27H47N3O9/c1-7-33(47)41-13-19-53-25-39(26-54-20-14-42-34(48)8-2,27-55-21-15-43-35(49)9-3)31-59-32-40(28-56-22-16-44-36(50)10-4,29-57-23-17-45-37(51)11-5)30-58-24-18-46-38(52)12-6;1-4-25(34)28-13-7-10-21(31)16-37-19-24(39-18-23(33)12-9-15-30-27(36)6-3)20-38-17-22(32)11-8-14-29-26(35)5-2/h7-12H,1-6,13-32H2,(H,41,47)(H,42,48)(H,43,49)(H,44,50)(H,45,51)(H,46,52);4-6,21-24,31-33H,1-3,7-20H2,(H,28,34)(H,29,35)(H,30,36). The van der Waals surface area contributed by atoms with Crippen molar-refractivity contribution >= 4 is 53.2 Å². The van der Waals surface area contributed by atoms with Crippen molar-refractivity contribution in [2.45, 2.75) is 62.9 Å². The maximum Gasteiger partial charge on any atom is 0.243 e. The van der Waals surface area contributed by atoms with Gasteiger partial charge in [-0.15, -0.1) is 0 Å². The van der Waals surface area contributed by atoms with Crippen LogP contribution in [0.3, 0.4) is 0 Å². The van der Waals surface area contributed by atoms with Crippen molar-refractivity contribution in [2.24, 2.45) is 10.8 Å². The fourth-order valence-electron chi connectivity index (χ4n) is 7.80. The molecule has 9 amide bonds. The summed E-state index contributed by atoms with van der Waals surface area (Å²) in [5.41, 5.74) is -1.97. The van der Waals surface area contributed by atoms with E-state index in [4.69, 9.17) is 47.4 Å². The number of carbonyl (C=O) groups is 9. The second-order valence-corrected chi connectivity index (χ2v) is 21.7. The van der Waals surface area contributed by atoms with Gasteiger partial charge < -0.3 is 111 Å². The minimum Gasteiger partial charge on any atom is -0.391 e. The van der Waals surface area contributed by atoms with Gasteiger partial charge in [-0.25, -0.2) is 0 Å². The molecule has 0 bridgehead atoms. The number of amides is 9. The van der Waals surface area contributed by atoms with Crippen LogP contribution in [0.4, 0.5) is 0 Å². The van der Waals surface area contributed by atoms with E-state index < -0.39 is 35.2 Å². The zero-order chi connectivity index (χ0) is 73.3. The number of carbonyl (C=O) groups excluding carboxylic acids is 9. The number of hydrogen-bond acceptors (Lipinski definition) is 22. The third-order valence-electron chi connectivity index (χ3n) is 13.0. The molecule has 0 saturated carbocycles. The Morgan fingerprint density at radius 2 is 0.469 bits per heavy atom. The first-order chi connectivity index (χ1) is 47.1. The first kappa shape index (κ1) is 92.4. The molecule has 0 aliphatic heterocycles. The van der Waals surface area contributed by atoms with Gasteiger partial charge in [0, 0.05) is 58.9 Å². The Hall–Kier alpha value is -7.63. The van der Waals surface area contributed by atoms with Crippen LogP contribution in [-0.4, -0.2) is 277 Å². The molecule has 0 aromatic carbocycles. The summed E-state index contributed by atoms with van der Waals surface area (Å²) in [6.07, 6.45) is 10.6. The molecule has 0 aromatic rings. The predicted molar refractivity (Wildman–Crippen MR) is 367 cm³/mol. The molecule has 0 heterocycles. The van der Waals surface area contributed by atoms with Gasteiger partial charge in [0.15, 0.2) is 0 Å². The zero-order valence-corrected chi connectivity index (χ0v) is 57.0. The predicted octanol–water partition coefficient (Wildman–Crippen LogP) is -1.38. The van der Waals surface area contributed by atoms with E-state index in [1.54, 1.807) is 0 Å². The summed E-state index contributed by atoms with van der Waals surface area (Å²) in [5.74, 6) is -3.01. The first-order valence-electron chi connectivity index (χ1n) is 32.1. The monoisotopic (exact) mass is 1390 g/mol. The molecule has 98 heavy (non-hydrogen) atoms. The summed E-state index contributed by atoms with van der Waals surface area (Å²) < 4.78 is 59.5. The van der Waals surface area contributed by atoms with Crippen LogP contribution in [0.15, 0.2) is 114 Å². The van der Waals surface area contributed by atoms with Gasteiger partial charge in [0.1, 0.15) is 6.10 Å². The molecular formula is C67H111N9O22. The average Bonchev–Trinajstić information content (AvgIpc) is 1.78. The normalized spacial score (nSPS) is 12.2. The average molecular weight is 1390 g/mol. The Balaban J connectivity index is 0. The molecule has 3 unspecified atom stereocenters. The van der Waals surface area contributed by atoms with Crippen molar-refractivity contribution in [1.82, 2.24) is 47.9 Å². The molecule has 0 rings (SSSR count). The van der Waals surface area contributed by atoms with Gasteiger partial charge >= 0.3 is 0 Å². The zero-order valence-electron chi connectivity index (χ0n) is 57.0. The summed E-state index contributed by atoms with van der Waals surface area (Å²) in [5, 5.41) is 54.2. The molecule has 0 aliphatic rings. The SMILES string of the molecule is C=CC(=O)NCCCC(O)COCC(COCC(O)CCCNC(=O)C=C)OCC(O)CCCNC(=O)C=C.C=CC(=O)NCCOCC(COCCNC(=O)C=C)(COCCNC(=O)C=C)COCC(COCCNC(=O)C=C)(COCCNC(=O)C=C)COCCNC(=O)C=C. The van der Waals surface area contributed by atoms with E-state index >= 15 is 0 Å². The van der Waals surface area contributed by atoms with Crippen molar-refractivity contribution in [1.29, 1.82) is 0 Å². The van der Waals surface area contributed by atoms with Crippen LogP contribution in [0, 0.1) is 10.8 Å². The molecule has 0 saturated heterocycles. The number of hydrogen-bond donors (Lipinski definition) is 12. The van der Waals surface area contributed by atoms with Crippen LogP contribution in [0.25, 0.3) is 0 Å². The van der Waals surface area contributed by atoms with Crippen molar-refractivity contribution in [2.75, 3.05) is 184 Å². The number of aliphatic hydroxyl groups is 3. The highest BCUT2D eigenvalue weighted by Gasteiger charge is 2.37. The van der Waals surface area contributed by atoms with Gasteiger partial charge in [0.2, 0.25) is 53.2 Å². The largest absolute Gasteiger partial charge is 0.391 e. The Morgan fingerprint density at radius 1 is 0.276 bits per heavy atom. The van der Waals surface area contributed by atoms with E-state index in [0.717, 1.165) is 36.5 Å². The molecule has 12 N–H and O–H groups in total. The van der Waals surface area contributed by atoms with Crippen molar-refractivity contribution < 1.29 is 106 Å². The lowest BCUT2D eigenvalue weighted by atomic mass is 9.90. The Morgan fingerprint density at radius 3 is 0.684 bits per heavy atom. The molecule has 556 valence electrons. The number of aliphatic hydroxyl groups excluding tert-OH is 3. The van der Waals surface area contributed by atoms with Gasteiger partial charge in [-0.2, -0.15) is 0 Å². The quantitative estimate of drug-likeness (QED) is 0.0247. The van der Waals surface area contributed by atoms with Crippen molar-refractivity contribution in [3.8, 4) is 0 Å². The van der Waals surface area contributed by atoms with Crippen LogP contribution in [0.5, 0.6) is 0 Å². The second-order valence-electron chi connectivity index (χ2n) is 21.7. The second kappa shape index (κ2) is 62.9. The fourth-order valence-corrected chi connectivity index (χ4v) is 7.80. The van der Waals surface area contributed by atoms with Crippen LogP contribution < -0.4 is 47.9 Å². The summed E-state index contributed by atoms with van der Waals surface area (Å²) in [6, 6.07) is 0. The highest BCUT2D eigenvalue weighted by atomic mass is 16.6. The van der Waals surface area contributed by atoms with Gasteiger partial charge in [-0.05, 0) is 93.2 Å². The van der Waals surface area contributed by atoms with Gasteiger partial charge in [0.05, 0.1) is 155 Å². The summed E-state index contributed by atoms with van der Waals surface area (Å²) in [7, 11) is 0. The molecule has 31 nitrogen and oxygen atoms in total. The van der Waals surface area contributed by atoms with Crippen LogP contribution >= 0.6 is 0 Å². The Bertz CT molecular complexity index is 2080.